The monoisotopic (exact) mass is 474 g/mol. The lowest BCUT2D eigenvalue weighted by atomic mass is 10.1. The summed E-state index contributed by atoms with van der Waals surface area (Å²) in [7, 11) is -4.38. The van der Waals surface area contributed by atoms with Gasteiger partial charge in [-0.05, 0) is 24.4 Å². The fraction of sp³-hybridized carbons (Fsp3) is 0.625. The van der Waals surface area contributed by atoms with Crippen molar-refractivity contribution in [1.82, 2.24) is 19.7 Å². The van der Waals surface area contributed by atoms with E-state index in [2.05, 4.69) is 26.5 Å². The number of ether oxygens (including phenoxy) is 2. The van der Waals surface area contributed by atoms with Gasteiger partial charge in [-0.25, -0.2) is 4.68 Å². The predicted molar refractivity (Wildman–Crippen MR) is 105 cm³/mol. The largest absolute Gasteiger partial charge is 0.387 e. The lowest BCUT2D eigenvalue weighted by Crippen LogP contribution is -2.34. The molecule has 0 spiro atoms. The van der Waals surface area contributed by atoms with Crippen molar-refractivity contribution < 1.29 is 34.0 Å². The molecule has 2 aromatic heterocycles. The van der Waals surface area contributed by atoms with E-state index in [4.69, 9.17) is 30.9 Å². The minimum absolute atomic E-state index is 0.0897. The Morgan fingerprint density at radius 3 is 2.77 bits per heavy atom. The molecule has 15 heteroatoms. The minimum Gasteiger partial charge on any atom is -0.387 e. The average molecular weight is 475 g/mol. The van der Waals surface area contributed by atoms with Crippen LogP contribution in [0, 0.1) is 16.7 Å². The fourth-order valence-electron chi connectivity index (χ4n) is 3.31. The summed E-state index contributed by atoms with van der Waals surface area (Å²) in [4.78, 5) is 26.0. The lowest BCUT2D eigenvalue weighted by Gasteiger charge is -2.16. The number of aromatic nitrogens is 4. The van der Waals surface area contributed by atoms with Crippen molar-refractivity contribution in [3.63, 3.8) is 0 Å². The zero-order chi connectivity index (χ0) is 22.4. The Kier molecular flexibility index (Phi) is 5.93. The first-order chi connectivity index (χ1) is 14.6. The van der Waals surface area contributed by atoms with Crippen LogP contribution >= 0.6 is 19.2 Å². The van der Waals surface area contributed by atoms with E-state index in [0.29, 0.717) is 17.7 Å². The Bertz CT molecular complexity index is 1070. The summed E-state index contributed by atoms with van der Waals surface area (Å²) in [6.45, 7) is 0.0369. The third-order valence-electron chi connectivity index (χ3n) is 5.23. The Morgan fingerprint density at radius 2 is 2.13 bits per heavy atom. The van der Waals surface area contributed by atoms with Gasteiger partial charge in [0.25, 0.3) is 0 Å². The van der Waals surface area contributed by atoms with Crippen molar-refractivity contribution in [2.45, 2.75) is 37.4 Å². The molecule has 13 nitrogen and oxygen atoms in total. The van der Waals surface area contributed by atoms with E-state index in [1.807, 2.05) is 0 Å². The third kappa shape index (κ3) is 4.67. The molecule has 1 aliphatic heterocycles. The summed E-state index contributed by atoms with van der Waals surface area (Å²) in [6, 6.07) is 2.28. The maximum Gasteiger partial charge on any atom is 0.350 e. The Balaban J connectivity index is 1.54. The van der Waals surface area contributed by atoms with Crippen molar-refractivity contribution in [3.8, 4) is 6.07 Å². The first-order valence-electron chi connectivity index (χ1n) is 9.32. The van der Waals surface area contributed by atoms with Gasteiger partial charge in [0, 0.05) is 6.54 Å². The molecule has 2 fully saturated rings. The van der Waals surface area contributed by atoms with Gasteiger partial charge in [-0.2, -0.15) is 20.3 Å². The van der Waals surface area contributed by atoms with Gasteiger partial charge in [0.05, 0.1) is 29.7 Å². The first-order valence-corrected chi connectivity index (χ1v) is 11.5. The number of aliphatic hydroxyl groups excluding tert-OH is 2. The molecule has 1 aliphatic carbocycles. The van der Waals surface area contributed by atoms with Gasteiger partial charge >= 0.3 is 7.60 Å². The second-order valence-corrected chi connectivity index (χ2v) is 9.55. The highest BCUT2D eigenvalue weighted by Crippen LogP contribution is 2.45. The Labute approximate surface area is 180 Å². The molecule has 3 heterocycles. The molecule has 4 atom stereocenters. The van der Waals surface area contributed by atoms with E-state index in [1.54, 1.807) is 0 Å². The lowest BCUT2D eigenvalue weighted by molar-refractivity contribution is -0.0658. The van der Waals surface area contributed by atoms with E-state index < -0.39 is 43.9 Å². The Morgan fingerprint density at radius 1 is 1.39 bits per heavy atom. The highest BCUT2D eigenvalue weighted by atomic mass is 35.5. The molecule has 5 N–H and O–H groups in total. The number of hydrogen-bond acceptors (Lipinski definition) is 10. The van der Waals surface area contributed by atoms with Crippen LogP contribution in [-0.4, -0.2) is 77.6 Å². The summed E-state index contributed by atoms with van der Waals surface area (Å²) < 4.78 is 22.7. The quantitative estimate of drug-likeness (QED) is 0.253. The van der Waals surface area contributed by atoms with Crippen LogP contribution in [0.4, 0.5) is 5.82 Å². The van der Waals surface area contributed by atoms with Crippen LogP contribution in [0.1, 0.15) is 19.1 Å². The molecule has 2 aliphatic rings. The van der Waals surface area contributed by atoms with Gasteiger partial charge < -0.3 is 34.8 Å². The van der Waals surface area contributed by atoms with Gasteiger partial charge in [0.1, 0.15) is 30.5 Å². The van der Waals surface area contributed by atoms with E-state index in [0.717, 1.165) is 12.8 Å². The Hall–Kier alpha value is -1.88. The first kappa shape index (κ1) is 22.3. The molecule has 0 bridgehead atoms. The standard InChI is InChI=1S/C16H20ClN6O7P/c17-15-21-12(19-6-16(5-18)1-2-16)8-3-20-23(13(8)22-15)14-11(25)10(24)9(30-14)4-29-7-31(26,27)28/h3,9-11,14,24-25H,1-2,4,6-7H2,(H,19,21,22)(H2,26,27,28)/t9-,10-,11-,14-/m1/s1. The van der Waals surface area contributed by atoms with E-state index in [1.165, 1.54) is 10.9 Å². The third-order valence-corrected chi connectivity index (χ3v) is 5.92. The summed E-state index contributed by atoms with van der Waals surface area (Å²) in [5.74, 6) is 0.373. The number of anilines is 1. The molecule has 0 unspecified atom stereocenters. The minimum atomic E-state index is -4.38. The van der Waals surface area contributed by atoms with Crippen molar-refractivity contribution in [3.05, 3.63) is 11.5 Å². The summed E-state index contributed by atoms with van der Waals surface area (Å²) in [5, 5.41) is 37.6. The predicted octanol–water partition coefficient (Wildman–Crippen LogP) is -0.0336. The fourth-order valence-corrected chi connectivity index (χ4v) is 3.82. The molecular weight excluding hydrogens is 455 g/mol. The van der Waals surface area contributed by atoms with Gasteiger partial charge in [0.15, 0.2) is 11.9 Å². The summed E-state index contributed by atoms with van der Waals surface area (Å²) in [5.41, 5.74) is -0.188. The maximum atomic E-state index is 10.9. The topological polar surface area (TPSA) is 196 Å². The van der Waals surface area contributed by atoms with Crippen molar-refractivity contribution in [2.24, 2.45) is 5.41 Å². The second kappa shape index (κ2) is 8.23. The van der Waals surface area contributed by atoms with Crippen molar-refractivity contribution >= 4 is 36.0 Å². The van der Waals surface area contributed by atoms with Crippen LogP contribution in [0.2, 0.25) is 5.28 Å². The summed E-state index contributed by atoms with van der Waals surface area (Å²) >= 11 is 6.05. The van der Waals surface area contributed by atoms with Crippen LogP contribution in [-0.2, 0) is 14.0 Å². The molecule has 31 heavy (non-hydrogen) atoms. The molecule has 4 rings (SSSR count). The molecule has 1 saturated heterocycles. The van der Waals surface area contributed by atoms with Crippen molar-refractivity contribution in [2.75, 3.05) is 24.8 Å². The van der Waals surface area contributed by atoms with E-state index in [-0.39, 0.29) is 17.5 Å². The molecule has 0 amide bonds. The number of nitrogens with zero attached hydrogens (tertiary/aromatic N) is 5. The zero-order valence-corrected chi connectivity index (χ0v) is 17.6. The number of nitriles is 1. The van der Waals surface area contributed by atoms with Crippen LogP contribution in [0.15, 0.2) is 6.20 Å². The molecule has 168 valence electrons. The smallest absolute Gasteiger partial charge is 0.350 e. The van der Waals surface area contributed by atoms with Gasteiger partial charge in [-0.1, -0.05) is 0 Å². The number of hydrogen-bond donors (Lipinski definition) is 5. The number of halogens is 1. The van der Waals surface area contributed by atoms with E-state index >= 15 is 0 Å². The van der Waals surface area contributed by atoms with Gasteiger partial charge in [-0.15, -0.1) is 0 Å². The number of nitrogens with one attached hydrogen (secondary N) is 1. The normalized spacial score (nSPS) is 27.4. The van der Waals surface area contributed by atoms with Crippen LogP contribution in [0.3, 0.4) is 0 Å². The molecule has 0 aromatic carbocycles. The van der Waals surface area contributed by atoms with Crippen LogP contribution in [0.25, 0.3) is 11.0 Å². The molecule has 0 radical (unpaired) electrons. The highest BCUT2D eigenvalue weighted by molar-refractivity contribution is 7.51. The molecule has 1 saturated carbocycles. The molecular formula is C16H20ClN6O7P. The number of rotatable bonds is 8. The SMILES string of the molecule is N#CC1(CNc2nc(Cl)nc3c2cnn3[C@@H]2O[C@H](COCP(=O)(O)O)[C@@H](O)[C@H]2O)CC1. The van der Waals surface area contributed by atoms with Crippen LogP contribution < -0.4 is 5.32 Å². The van der Waals surface area contributed by atoms with Gasteiger partial charge in [-0.3, -0.25) is 4.57 Å². The highest BCUT2D eigenvalue weighted by Gasteiger charge is 2.45. The van der Waals surface area contributed by atoms with E-state index in [9.17, 15) is 20.0 Å². The van der Waals surface area contributed by atoms with Crippen LogP contribution in [0.5, 0.6) is 0 Å². The second-order valence-electron chi connectivity index (χ2n) is 7.62. The zero-order valence-electron chi connectivity index (χ0n) is 16.0. The summed E-state index contributed by atoms with van der Waals surface area (Å²) in [6.07, 6.45) is -2.80. The van der Waals surface area contributed by atoms with Crippen molar-refractivity contribution in [1.29, 1.82) is 5.26 Å². The number of aliphatic hydroxyl groups is 2. The maximum absolute atomic E-state index is 10.9. The molecule has 2 aromatic rings. The number of fused-ring (bicyclic) bond motifs is 1. The van der Waals surface area contributed by atoms with Gasteiger partial charge in [0.2, 0.25) is 5.28 Å². The average Bonchev–Trinajstić information content (AvgIpc) is 3.30.